The van der Waals surface area contributed by atoms with Gasteiger partial charge in [0.25, 0.3) is 11.0 Å². The SMILES string of the molecule is [N-]=[N+]=NC1(C(=O)NCCCCC(O)(P(=O)(O)O)P(=O)(O)O)C(=O)N2C(C(=O)OC(c3ccccc3)c3ccccc3)=C(CO)CS[C@@H]21. The summed E-state index contributed by atoms with van der Waals surface area (Å²) >= 11 is 0.957. The minimum atomic E-state index is -5.66. The topological polar surface area (TPSA) is 280 Å². The molecule has 1 fully saturated rings. The van der Waals surface area contributed by atoms with Gasteiger partial charge in [-0.2, -0.15) is 0 Å². The predicted molar refractivity (Wildman–Crippen MR) is 166 cm³/mol. The van der Waals surface area contributed by atoms with Gasteiger partial charge in [-0.05, 0) is 41.5 Å². The zero-order valence-electron chi connectivity index (χ0n) is 24.4. The number of unbranched alkanes of at least 4 members (excludes halogenated alkanes) is 1. The summed E-state index contributed by atoms with van der Waals surface area (Å²) < 4.78 is 29.0. The fraction of sp³-hybridized carbons (Fsp3) is 0.370. The highest BCUT2D eigenvalue weighted by Crippen LogP contribution is 2.69. The van der Waals surface area contributed by atoms with Crippen LogP contribution in [0.3, 0.4) is 0 Å². The van der Waals surface area contributed by atoms with Gasteiger partial charge in [0.15, 0.2) is 6.10 Å². The molecule has 20 heteroatoms. The molecule has 0 aliphatic carbocycles. The number of hydrogen-bond donors (Lipinski definition) is 7. The Balaban J connectivity index is 1.52. The van der Waals surface area contributed by atoms with Gasteiger partial charge in [-0.25, -0.2) is 4.79 Å². The van der Waals surface area contributed by atoms with Crippen LogP contribution in [0.15, 0.2) is 77.0 Å². The number of benzene rings is 2. The molecule has 2 heterocycles. The molecule has 1 saturated heterocycles. The molecule has 1 unspecified atom stereocenters. The molecule has 7 N–H and O–H groups in total. The van der Waals surface area contributed by atoms with Crippen molar-refractivity contribution in [3.63, 3.8) is 0 Å². The van der Waals surface area contributed by atoms with Crippen molar-refractivity contribution in [2.75, 3.05) is 18.9 Å². The van der Waals surface area contributed by atoms with Crippen LogP contribution >= 0.6 is 27.0 Å². The monoisotopic (exact) mass is 711 g/mol. The van der Waals surface area contributed by atoms with E-state index >= 15 is 0 Å². The van der Waals surface area contributed by atoms with Crippen molar-refractivity contribution >= 4 is 44.7 Å². The highest BCUT2D eigenvalue weighted by atomic mass is 32.2. The first kappa shape index (κ1) is 36.3. The molecule has 47 heavy (non-hydrogen) atoms. The zero-order chi connectivity index (χ0) is 34.6. The van der Waals surface area contributed by atoms with Crippen LogP contribution in [0.4, 0.5) is 0 Å². The van der Waals surface area contributed by atoms with Crippen LogP contribution in [-0.4, -0.2) is 87.4 Å². The highest BCUT2D eigenvalue weighted by molar-refractivity contribution is 8.00. The fourth-order valence-corrected chi connectivity index (χ4v) is 8.85. The molecule has 2 atom stereocenters. The molecule has 2 aromatic carbocycles. The van der Waals surface area contributed by atoms with E-state index in [2.05, 4.69) is 15.3 Å². The van der Waals surface area contributed by atoms with Crippen molar-refractivity contribution in [3.8, 4) is 0 Å². The smallest absolute Gasteiger partial charge is 0.369 e. The van der Waals surface area contributed by atoms with Crippen LogP contribution < -0.4 is 5.32 Å². The Morgan fingerprint density at radius 1 is 1.06 bits per heavy atom. The van der Waals surface area contributed by atoms with Crippen LogP contribution in [-0.2, 0) is 28.3 Å². The predicted octanol–water partition coefficient (Wildman–Crippen LogP) is 1.82. The van der Waals surface area contributed by atoms with E-state index in [9.17, 15) is 58.8 Å². The molecule has 17 nitrogen and oxygen atoms in total. The van der Waals surface area contributed by atoms with Crippen molar-refractivity contribution < 1.29 is 58.0 Å². The van der Waals surface area contributed by atoms with E-state index in [1.165, 1.54) is 0 Å². The third-order valence-corrected chi connectivity index (χ3v) is 12.9. The van der Waals surface area contributed by atoms with E-state index in [1.54, 1.807) is 60.7 Å². The van der Waals surface area contributed by atoms with E-state index < -0.39 is 68.1 Å². The average Bonchev–Trinajstić information content (AvgIpc) is 3.04. The van der Waals surface area contributed by atoms with Crippen molar-refractivity contribution in [3.05, 3.63) is 93.5 Å². The van der Waals surface area contributed by atoms with Gasteiger partial charge < -0.3 is 39.8 Å². The normalized spacial score (nSPS) is 19.9. The molecule has 2 aromatic rings. The van der Waals surface area contributed by atoms with Gasteiger partial charge in [0.05, 0.1) is 6.61 Å². The molecule has 4 rings (SSSR count). The lowest BCUT2D eigenvalue weighted by molar-refractivity contribution is -0.162. The number of amides is 2. The largest absolute Gasteiger partial charge is 0.448 e. The Labute approximate surface area is 271 Å². The third kappa shape index (κ3) is 6.89. The minimum Gasteiger partial charge on any atom is -0.448 e. The number of thioether (sulfide) groups is 1. The van der Waals surface area contributed by atoms with Gasteiger partial charge in [-0.15, -0.1) is 11.8 Å². The average molecular weight is 712 g/mol. The molecular formula is C27H31N5O12P2S. The number of nitrogens with one attached hydrogen (secondary N) is 1. The van der Waals surface area contributed by atoms with Crippen LogP contribution in [0.5, 0.6) is 0 Å². The summed E-state index contributed by atoms with van der Waals surface area (Å²) in [5.74, 6) is -3.14. The number of aliphatic hydroxyl groups excluding tert-OH is 1. The quantitative estimate of drug-likeness (QED) is 0.0215. The number of aliphatic hydroxyl groups is 2. The molecular weight excluding hydrogens is 680 g/mol. The lowest BCUT2D eigenvalue weighted by Crippen LogP contribution is -2.77. The molecule has 0 aromatic heterocycles. The first-order chi connectivity index (χ1) is 22.1. The Bertz CT molecular complexity index is 1630. The van der Waals surface area contributed by atoms with Crippen LogP contribution in [0.1, 0.15) is 36.5 Å². The van der Waals surface area contributed by atoms with E-state index in [4.69, 9.17) is 4.74 Å². The summed E-state index contributed by atoms with van der Waals surface area (Å²) in [6.45, 7) is -0.932. The maximum atomic E-state index is 13.7. The second kappa shape index (κ2) is 14.3. The molecule has 0 spiro atoms. The molecule has 0 radical (unpaired) electrons. The second-order valence-corrected chi connectivity index (χ2v) is 15.7. The Hall–Kier alpha value is -3.53. The van der Waals surface area contributed by atoms with Gasteiger partial charge >= 0.3 is 21.2 Å². The number of β-lactam (4-membered cyclic amide) rings is 1. The minimum absolute atomic E-state index is 0.0317. The Kier molecular flexibility index (Phi) is 11.0. The lowest BCUT2D eigenvalue weighted by Gasteiger charge is -2.54. The number of carbonyl (C=O) groups is 3. The number of azide groups is 1. The Morgan fingerprint density at radius 3 is 2.11 bits per heavy atom. The molecule has 2 aliphatic rings. The Morgan fingerprint density at radius 2 is 1.62 bits per heavy atom. The molecule has 0 bridgehead atoms. The van der Waals surface area contributed by atoms with E-state index in [1.807, 2.05) is 0 Å². The van der Waals surface area contributed by atoms with Crippen molar-refractivity contribution in [2.24, 2.45) is 5.11 Å². The maximum absolute atomic E-state index is 13.7. The molecule has 2 aliphatic heterocycles. The first-order valence-electron chi connectivity index (χ1n) is 13.9. The number of nitrogens with zero attached hydrogens (tertiary/aromatic N) is 4. The summed E-state index contributed by atoms with van der Waals surface area (Å²) in [5.41, 5.74) is 8.03. The number of fused-ring (bicyclic) bond motifs is 1. The second-order valence-electron chi connectivity index (χ2n) is 10.6. The van der Waals surface area contributed by atoms with Crippen LogP contribution in [0, 0.1) is 0 Å². The van der Waals surface area contributed by atoms with Gasteiger partial charge in [0, 0.05) is 17.2 Å². The summed E-state index contributed by atoms with van der Waals surface area (Å²) in [5, 5.41) is 21.1. The van der Waals surface area contributed by atoms with Gasteiger partial charge in [-0.3, -0.25) is 23.6 Å². The number of ether oxygens (including phenoxy) is 1. The third-order valence-electron chi connectivity index (χ3n) is 7.65. The van der Waals surface area contributed by atoms with Gasteiger partial charge in [0.1, 0.15) is 11.1 Å². The first-order valence-corrected chi connectivity index (χ1v) is 18.2. The lowest BCUT2D eigenvalue weighted by atomic mass is 9.86. The van der Waals surface area contributed by atoms with Gasteiger partial charge in [0.2, 0.25) is 11.4 Å². The number of hydrogen-bond acceptors (Lipinski definition) is 10. The van der Waals surface area contributed by atoms with Crippen molar-refractivity contribution in [1.29, 1.82) is 0 Å². The van der Waals surface area contributed by atoms with Crippen molar-refractivity contribution in [1.82, 2.24) is 10.2 Å². The standard InChI is InChI=1S/C27H31N5O12P2S/c28-31-30-27(23(35)29-14-8-7-13-26(37,45(38,39)40)46(41,42)43)24(36)32-20(19(15-33)16-47-25(27)32)22(34)44-21(17-9-3-1-4-10-17)18-11-5-2-6-12-18/h1-6,9-12,21,25,33,37H,7-8,13-16H2,(H,29,35)(H2,38,39,40)(H2,41,42,43)/t25-,27?/m1/s1. The number of carbonyl (C=O) groups excluding carboxylic acids is 3. The highest BCUT2D eigenvalue weighted by Gasteiger charge is 2.69. The van der Waals surface area contributed by atoms with E-state index in [0.29, 0.717) is 11.1 Å². The molecule has 0 saturated carbocycles. The van der Waals surface area contributed by atoms with E-state index in [0.717, 1.165) is 16.7 Å². The summed E-state index contributed by atoms with van der Waals surface area (Å²) in [7, 11) is -11.3. The molecule has 2 amide bonds. The van der Waals surface area contributed by atoms with E-state index in [-0.39, 0.29) is 36.4 Å². The maximum Gasteiger partial charge on any atom is 0.369 e. The summed E-state index contributed by atoms with van der Waals surface area (Å²) in [6, 6.07) is 17.6. The number of rotatable bonds is 14. The van der Waals surface area contributed by atoms with Crippen LogP contribution in [0.2, 0.25) is 0 Å². The fourth-order valence-electron chi connectivity index (χ4n) is 5.16. The summed E-state index contributed by atoms with van der Waals surface area (Å²) in [6.07, 6.45) is -2.46. The zero-order valence-corrected chi connectivity index (χ0v) is 27.0. The number of esters is 1. The summed E-state index contributed by atoms with van der Waals surface area (Å²) in [4.78, 5) is 81.4. The van der Waals surface area contributed by atoms with Crippen molar-refractivity contribution in [2.45, 2.75) is 41.4 Å². The van der Waals surface area contributed by atoms with Gasteiger partial charge in [-0.1, -0.05) is 65.8 Å². The molecule has 252 valence electrons. The van der Waals surface area contributed by atoms with Crippen LogP contribution in [0.25, 0.3) is 10.4 Å².